The predicted octanol–water partition coefficient (Wildman–Crippen LogP) is 2.35. The molecular weight excluding hydrogens is 235 g/mol. The minimum Gasteiger partial charge on any atom is -0.394 e. The zero-order valence-electron chi connectivity index (χ0n) is 10.6. The highest BCUT2D eigenvalue weighted by Crippen LogP contribution is 2.12. The average Bonchev–Trinajstić information content (AvgIpc) is 2.30. The highest BCUT2D eigenvalue weighted by Gasteiger charge is 2.13. The van der Waals surface area contributed by atoms with Crippen molar-refractivity contribution in [2.24, 2.45) is 5.92 Å². The van der Waals surface area contributed by atoms with Crippen molar-refractivity contribution in [3.63, 3.8) is 0 Å². The van der Waals surface area contributed by atoms with Gasteiger partial charge in [-0.25, -0.2) is 9.18 Å². The van der Waals surface area contributed by atoms with Gasteiger partial charge < -0.3 is 15.7 Å². The fourth-order valence-corrected chi connectivity index (χ4v) is 1.65. The van der Waals surface area contributed by atoms with E-state index in [0.717, 1.165) is 0 Å². The Morgan fingerprint density at radius 1 is 1.39 bits per heavy atom. The number of aliphatic hydroxyl groups is 1. The average molecular weight is 254 g/mol. The molecule has 0 aliphatic heterocycles. The number of carbonyl (C=O) groups excluding carboxylic acids is 1. The van der Waals surface area contributed by atoms with Gasteiger partial charge in [0.05, 0.1) is 18.3 Å². The summed E-state index contributed by atoms with van der Waals surface area (Å²) in [5.41, 5.74) is 0.122. The first-order valence-corrected chi connectivity index (χ1v) is 5.95. The van der Waals surface area contributed by atoms with Gasteiger partial charge in [-0.1, -0.05) is 26.0 Å². The van der Waals surface area contributed by atoms with Gasteiger partial charge in [-0.15, -0.1) is 0 Å². The Hall–Kier alpha value is -1.62. The maximum Gasteiger partial charge on any atom is 0.319 e. The Morgan fingerprint density at radius 2 is 2.06 bits per heavy atom. The van der Waals surface area contributed by atoms with E-state index in [2.05, 4.69) is 10.6 Å². The second-order valence-electron chi connectivity index (χ2n) is 4.59. The van der Waals surface area contributed by atoms with E-state index < -0.39 is 11.8 Å². The van der Waals surface area contributed by atoms with Gasteiger partial charge in [0.15, 0.2) is 0 Å². The van der Waals surface area contributed by atoms with Crippen LogP contribution < -0.4 is 10.6 Å². The first kappa shape index (κ1) is 14.4. The Labute approximate surface area is 106 Å². The van der Waals surface area contributed by atoms with Crippen molar-refractivity contribution in [3.8, 4) is 0 Å². The molecule has 3 N–H and O–H groups in total. The molecule has 4 nitrogen and oxygen atoms in total. The predicted molar refractivity (Wildman–Crippen MR) is 68.9 cm³/mol. The third-order valence-electron chi connectivity index (χ3n) is 2.43. The van der Waals surface area contributed by atoms with Crippen LogP contribution in [-0.4, -0.2) is 23.8 Å². The Balaban J connectivity index is 2.53. The number of hydrogen-bond donors (Lipinski definition) is 3. The number of para-hydroxylation sites is 1. The van der Waals surface area contributed by atoms with Gasteiger partial charge in [0.2, 0.25) is 0 Å². The van der Waals surface area contributed by atoms with E-state index in [1.165, 1.54) is 12.1 Å². The van der Waals surface area contributed by atoms with Crippen LogP contribution in [0.5, 0.6) is 0 Å². The summed E-state index contributed by atoms with van der Waals surface area (Å²) >= 11 is 0. The van der Waals surface area contributed by atoms with Crippen molar-refractivity contribution in [2.75, 3.05) is 11.9 Å². The summed E-state index contributed by atoms with van der Waals surface area (Å²) in [6, 6.07) is 5.10. The zero-order valence-corrected chi connectivity index (χ0v) is 10.6. The lowest BCUT2D eigenvalue weighted by atomic mass is 10.0. The van der Waals surface area contributed by atoms with Crippen LogP contribution in [0.3, 0.4) is 0 Å². The van der Waals surface area contributed by atoms with Crippen molar-refractivity contribution in [1.29, 1.82) is 0 Å². The molecule has 5 heteroatoms. The molecule has 0 aliphatic carbocycles. The van der Waals surface area contributed by atoms with Gasteiger partial charge in [-0.2, -0.15) is 0 Å². The van der Waals surface area contributed by atoms with Gasteiger partial charge >= 0.3 is 6.03 Å². The van der Waals surface area contributed by atoms with Crippen LogP contribution in [-0.2, 0) is 0 Å². The molecule has 0 fully saturated rings. The quantitative estimate of drug-likeness (QED) is 0.755. The van der Waals surface area contributed by atoms with Crippen LogP contribution in [0, 0.1) is 11.7 Å². The molecule has 0 aliphatic rings. The smallest absolute Gasteiger partial charge is 0.319 e. The first-order chi connectivity index (χ1) is 8.52. The van der Waals surface area contributed by atoms with Gasteiger partial charge in [-0.05, 0) is 24.5 Å². The molecule has 1 aromatic carbocycles. The molecule has 0 heterocycles. The molecule has 1 rings (SSSR count). The molecule has 0 radical (unpaired) electrons. The number of amides is 2. The van der Waals surface area contributed by atoms with Crippen LogP contribution in [0.1, 0.15) is 20.3 Å². The summed E-state index contributed by atoms with van der Waals surface area (Å²) in [6.07, 6.45) is 0.668. The summed E-state index contributed by atoms with van der Waals surface area (Å²) in [4.78, 5) is 11.6. The lowest BCUT2D eigenvalue weighted by Gasteiger charge is -2.18. The fourth-order valence-electron chi connectivity index (χ4n) is 1.65. The van der Waals surface area contributed by atoms with E-state index in [1.807, 2.05) is 13.8 Å². The number of rotatable bonds is 5. The minimum absolute atomic E-state index is 0.122. The van der Waals surface area contributed by atoms with Crippen molar-refractivity contribution in [3.05, 3.63) is 30.1 Å². The van der Waals surface area contributed by atoms with Crippen LogP contribution in [0.2, 0.25) is 0 Å². The summed E-state index contributed by atoms with van der Waals surface area (Å²) in [5, 5.41) is 14.1. The zero-order chi connectivity index (χ0) is 13.5. The van der Waals surface area contributed by atoms with Crippen LogP contribution in [0.25, 0.3) is 0 Å². The van der Waals surface area contributed by atoms with Crippen LogP contribution >= 0.6 is 0 Å². The van der Waals surface area contributed by atoms with Gasteiger partial charge in [0, 0.05) is 0 Å². The van der Waals surface area contributed by atoms with E-state index >= 15 is 0 Å². The van der Waals surface area contributed by atoms with Crippen molar-refractivity contribution < 1.29 is 14.3 Å². The van der Waals surface area contributed by atoms with Gasteiger partial charge in [-0.3, -0.25) is 0 Å². The third kappa shape index (κ3) is 4.71. The number of anilines is 1. The van der Waals surface area contributed by atoms with E-state index in [-0.39, 0.29) is 18.3 Å². The molecule has 0 saturated heterocycles. The SMILES string of the molecule is CC(C)CC(CO)NC(=O)Nc1ccccc1F. The van der Waals surface area contributed by atoms with E-state index in [4.69, 9.17) is 5.11 Å². The highest BCUT2D eigenvalue weighted by molar-refractivity contribution is 5.89. The fraction of sp³-hybridized carbons (Fsp3) is 0.462. The molecule has 1 atom stereocenters. The maximum atomic E-state index is 13.3. The summed E-state index contributed by atoms with van der Waals surface area (Å²) in [5.74, 6) is -0.132. The van der Waals surface area contributed by atoms with Gasteiger partial charge in [0.25, 0.3) is 0 Å². The number of halogens is 1. The second kappa shape index (κ2) is 6.96. The van der Waals surface area contributed by atoms with E-state index in [0.29, 0.717) is 12.3 Å². The monoisotopic (exact) mass is 254 g/mol. The molecule has 0 saturated carbocycles. The van der Waals surface area contributed by atoms with Crippen LogP contribution in [0.15, 0.2) is 24.3 Å². The van der Waals surface area contributed by atoms with Crippen molar-refractivity contribution >= 4 is 11.7 Å². The number of benzene rings is 1. The third-order valence-corrected chi connectivity index (χ3v) is 2.43. The number of nitrogens with one attached hydrogen (secondary N) is 2. The van der Waals surface area contributed by atoms with Gasteiger partial charge in [0.1, 0.15) is 5.82 Å². The topological polar surface area (TPSA) is 61.4 Å². The molecule has 0 aromatic heterocycles. The molecule has 100 valence electrons. The molecule has 0 spiro atoms. The van der Waals surface area contributed by atoms with Crippen molar-refractivity contribution in [1.82, 2.24) is 5.32 Å². The Kier molecular flexibility index (Phi) is 5.58. The lowest BCUT2D eigenvalue weighted by Crippen LogP contribution is -2.41. The Bertz CT molecular complexity index is 396. The standard InChI is InChI=1S/C13H19FN2O2/c1-9(2)7-10(8-17)15-13(18)16-12-6-4-3-5-11(12)14/h3-6,9-10,17H,7-8H2,1-2H3,(H2,15,16,18). The largest absolute Gasteiger partial charge is 0.394 e. The van der Waals surface area contributed by atoms with E-state index in [1.54, 1.807) is 12.1 Å². The molecule has 2 amide bonds. The first-order valence-electron chi connectivity index (χ1n) is 5.95. The van der Waals surface area contributed by atoms with E-state index in [9.17, 15) is 9.18 Å². The van der Waals surface area contributed by atoms with Crippen molar-refractivity contribution in [2.45, 2.75) is 26.3 Å². The summed E-state index contributed by atoms with van der Waals surface area (Å²) in [7, 11) is 0. The second-order valence-corrected chi connectivity index (χ2v) is 4.59. The Morgan fingerprint density at radius 3 is 2.61 bits per heavy atom. The summed E-state index contributed by atoms with van der Waals surface area (Å²) < 4.78 is 13.3. The number of urea groups is 1. The molecule has 18 heavy (non-hydrogen) atoms. The highest BCUT2D eigenvalue weighted by atomic mass is 19.1. The number of aliphatic hydroxyl groups excluding tert-OH is 1. The minimum atomic E-state index is -0.514. The normalized spacial score (nSPS) is 12.3. The molecular formula is C13H19FN2O2. The molecule has 1 aromatic rings. The number of carbonyl (C=O) groups is 1. The maximum absolute atomic E-state index is 13.3. The summed E-state index contributed by atoms with van der Waals surface area (Å²) in [6.45, 7) is 3.86. The molecule has 0 bridgehead atoms. The van der Waals surface area contributed by atoms with Crippen LogP contribution in [0.4, 0.5) is 14.9 Å². The molecule has 1 unspecified atom stereocenters. The lowest BCUT2D eigenvalue weighted by molar-refractivity contribution is 0.214. The number of hydrogen-bond acceptors (Lipinski definition) is 2.